The number of fused-ring (bicyclic) bond motifs is 1. The summed E-state index contributed by atoms with van der Waals surface area (Å²) in [7, 11) is 0. The van der Waals surface area contributed by atoms with E-state index in [1.165, 1.54) is 6.08 Å². The van der Waals surface area contributed by atoms with E-state index in [1.54, 1.807) is 24.3 Å². The van der Waals surface area contributed by atoms with Crippen molar-refractivity contribution in [1.82, 2.24) is 5.32 Å². The lowest BCUT2D eigenvalue weighted by atomic mass is 10.1. The van der Waals surface area contributed by atoms with Crippen molar-refractivity contribution < 1.29 is 33.3 Å². The van der Waals surface area contributed by atoms with E-state index in [2.05, 4.69) is 5.32 Å². The van der Waals surface area contributed by atoms with Gasteiger partial charge in [-0.3, -0.25) is 4.79 Å². The largest absolute Gasteiger partial charge is 0.490 e. The van der Waals surface area contributed by atoms with E-state index in [4.69, 9.17) is 23.7 Å². The molecule has 1 aliphatic heterocycles. The van der Waals surface area contributed by atoms with Crippen LogP contribution in [0.25, 0.3) is 6.08 Å². The summed E-state index contributed by atoms with van der Waals surface area (Å²) in [5.74, 6) is 1.70. The van der Waals surface area contributed by atoms with Gasteiger partial charge in [0.1, 0.15) is 0 Å². The molecule has 170 valence electrons. The third-order valence-electron chi connectivity index (χ3n) is 4.50. The van der Waals surface area contributed by atoms with Gasteiger partial charge in [0, 0.05) is 12.6 Å². The third kappa shape index (κ3) is 6.66. The molecule has 2 aromatic carbocycles. The molecule has 1 N–H and O–H groups in total. The number of esters is 1. The van der Waals surface area contributed by atoms with Crippen molar-refractivity contribution in [3.63, 3.8) is 0 Å². The quantitative estimate of drug-likeness (QED) is 0.423. The molecule has 1 aliphatic rings. The first-order valence-electron chi connectivity index (χ1n) is 10.5. The molecular formula is C24H27NO7. The lowest BCUT2D eigenvalue weighted by Gasteiger charge is -2.12. The third-order valence-corrected chi connectivity index (χ3v) is 4.50. The minimum atomic E-state index is -0.606. The first kappa shape index (κ1) is 23.0. The zero-order valence-corrected chi connectivity index (χ0v) is 18.2. The van der Waals surface area contributed by atoms with E-state index < -0.39 is 5.97 Å². The van der Waals surface area contributed by atoms with Gasteiger partial charge in [0.2, 0.25) is 6.79 Å². The molecule has 8 heteroatoms. The van der Waals surface area contributed by atoms with Crippen LogP contribution in [0.15, 0.2) is 42.5 Å². The van der Waals surface area contributed by atoms with Gasteiger partial charge in [-0.25, -0.2) is 4.79 Å². The highest BCUT2D eigenvalue weighted by atomic mass is 16.7. The Morgan fingerprint density at radius 3 is 2.59 bits per heavy atom. The fourth-order valence-electron chi connectivity index (χ4n) is 3.01. The van der Waals surface area contributed by atoms with E-state index >= 15 is 0 Å². The summed E-state index contributed by atoms with van der Waals surface area (Å²) in [4.78, 5) is 23.8. The molecule has 0 unspecified atom stereocenters. The first-order valence-corrected chi connectivity index (χ1v) is 10.5. The Balaban J connectivity index is 1.39. The number of ether oxygens (including phenoxy) is 5. The van der Waals surface area contributed by atoms with Crippen LogP contribution in [0.2, 0.25) is 0 Å². The molecular weight excluding hydrogens is 414 g/mol. The molecule has 0 radical (unpaired) electrons. The van der Waals surface area contributed by atoms with E-state index in [9.17, 15) is 9.59 Å². The van der Waals surface area contributed by atoms with Crippen LogP contribution in [-0.4, -0.2) is 45.0 Å². The molecule has 0 bridgehead atoms. The maximum Gasteiger partial charge on any atom is 0.331 e. The number of amides is 1. The Morgan fingerprint density at radius 1 is 1.00 bits per heavy atom. The second kappa shape index (κ2) is 11.6. The lowest BCUT2D eigenvalue weighted by molar-refractivity contribution is -0.143. The van der Waals surface area contributed by atoms with Crippen LogP contribution in [0.4, 0.5) is 0 Å². The van der Waals surface area contributed by atoms with Gasteiger partial charge >= 0.3 is 5.97 Å². The van der Waals surface area contributed by atoms with Crippen LogP contribution >= 0.6 is 0 Å². The standard InChI is InChI=1S/C24H27NO7/c1-3-28-19-8-6-18(14-21(19)29-4-2)11-12-25-23(26)15-30-24(27)10-7-17-5-9-20-22(13-17)32-16-31-20/h5-10,13-14H,3-4,11-12,15-16H2,1-2H3,(H,25,26)/b10-7+. The number of hydrogen-bond donors (Lipinski definition) is 1. The molecule has 2 aromatic rings. The Labute approximate surface area is 187 Å². The molecule has 0 aromatic heterocycles. The van der Waals surface area contributed by atoms with Crippen molar-refractivity contribution in [3.8, 4) is 23.0 Å². The molecule has 0 spiro atoms. The van der Waals surface area contributed by atoms with Gasteiger partial charge in [0.15, 0.2) is 29.6 Å². The van der Waals surface area contributed by atoms with Gasteiger partial charge in [0.25, 0.3) is 5.91 Å². The van der Waals surface area contributed by atoms with E-state index in [-0.39, 0.29) is 19.3 Å². The summed E-state index contributed by atoms with van der Waals surface area (Å²) in [6.45, 7) is 5.16. The number of nitrogens with one attached hydrogen (secondary N) is 1. The predicted octanol–water partition coefficient (Wildman–Crippen LogP) is 3.13. The van der Waals surface area contributed by atoms with Crippen molar-refractivity contribution in [2.75, 3.05) is 33.2 Å². The maximum absolute atomic E-state index is 12.0. The predicted molar refractivity (Wildman–Crippen MR) is 118 cm³/mol. The summed E-state index contributed by atoms with van der Waals surface area (Å²) in [6.07, 6.45) is 3.46. The molecule has 3 rings (SSSR count). The van der Waals surface area contributed by atoms with Crippen LogP contribution in [-0.2, 0) is 20.7 Å². The van der Waals surface area contributed by atoms with Crippen LogP contribution < -0.4 is 24.3 Å². The zero-order valence-electron chi connectivity index (χ0n) is 18.2. The topological polar surface area (TPSA) is 92.3 Å². The zero-order chi connectivity index (χ0) is 22.8. The normalized spacial score (nSPS) is 11.9. The average Bonchev–Trinajstić information content (AvgIpc) is 3.26. The Bertz CT molecular complexity index is 971. The van der Waals surface area contributed by atoms with Crippen LogP contribution in [0.1, 0.15) is 25.0 Å². The number of carbonyl (C=O) groups is 2. The minimum Gasteiger partial charge on any atom is -0.490 e. The summed E-state index contributed by atoms with van der Waals surface area (Å²) in [5.41, 5.74) is 1.76. The highest BCUT2D eigenvalue weighted by molar-refractivity contribution is 5.89. The summed E-state index contributed by atoms with van der Waals surface area (Å²) >= 11 is 0. The molecule has 1 amide bonds. The first-order chi connectivity index (χ1) is 15.6. The van der Waals surface area contributed by atoms with Gasteiger partial charge in [-0.15, -0.1) is 0 Å². The summed E-state index contributed by atoms with van der Waals surface area (Å²) in [6, 6.07) is 11.0. The number of hydrogen-bond acceptors (Lipinski definition) is 7. The molecule has 0 atom stereocenters. The number of benzene rings is 2. The SMILES string of the molecule is CCOc1ccc(CCNC(=O)COC(=O)/C=C/c2ccc3c(c2)OCO3)cc1OCC. The Hall–Kier alpha value is -3.68. The van der Waals surface area contributed by atoms with E-state index in [0.717, 1.165) is 11.1 Å². The monoisotopic (exact) mass is 441 g/mol. The fraction of sp³-hybridized carbons (Fsp3) is 0.333. The lowest BCUT2D eigenvalue weighted by Crippen LogP contribution is -2.30. The molecule has 8 nitrogen and oxygen atoms in total. The van der Waals surface area contributed by atoms with Crippen molar-refractivity contribution in [2.24, 2.45) is 0 Å². The summed E-state index contributed by atoms with van der Waals surface area (Å²) in [5, 5.41) is 2.74. The second-order valence-corrected chi connectivity index (χ2v) is 6.80. The van der Waals surface area contributed by atoms with Gasteiger partial charge in [0.05, 0.1) is 13.2 Å². The van der Waals surface area contributed by atoms with Crippen molar-refractivity contribution in [2.45, 2.75) is 20.3 Å². The molecule has 0 fully saturated rings. The van der Waals surface area contributed by atoms with Crippen LogP contribution in [0.5, 0.6) is 23.0 Å². The fourth-order valence-corrected chi connectivity index (χ4v) is 3.01. The smallest absolute Gasteiger partial charge is 0.331 e. The van der Waals surface area contributed by atoms with Gasteiger partial charge in [-0.2, -0.15) is 0 Å². The van der Waals surface area contributed by atoms with Gasteiger partial charge in [-0.1, -0.05) is 12.1 Å². The minimum absolute atomic E-state index is 0.186. The Kier molecular flexibility index (Phi) is 8.36. The average molecular weight is 441 g/mol. The maximum atomic E-state index is 12.0. The number of carbonyl (C=O) groups excluding carboxylic acids is 2. The van der Waals surface area contributed by atoms with Crippen molar-refractivity contribution in [3.05, 3.63) is 53.6 Å². The molecule has 32 heavy (non-hydrogen) atoms. The van der Waals surface area contributed by atoms with E-state index in [1.807, 2.05) is 32.0 Å². The van der Waals surface area contributed by atoms with Crippen molar-refractivity contribution in [1.29, 1.82) is 0 Å². The Morgan fingerprint density at radius 2 is 1.78 bits per heavy atom. The molecule has 1 heterocycles. The summed E-state index contributed by atoms with van der Waals surface area (Å²) < 4.78 is 26.7. The highest BCUT2D eigenvalue weighted by Gasteiger charge is 2.12. The second-order valence-electron chi connectivity index (χ2n) is 6.80. The van der Waals surface area contributed by atoms with Crippen molar-refractivity contribution >= 4 is 18.0 Å². The van der Waals surface area contributed by atoms with E-state index in [0.29, 0.717) is 49.2 Å². The number of rotatable bonds is 11. The molecule has 0 saturated carbocycles. The molecule has 0 saturated heterocycles. The molecule has 0 aliphatic carbocycles. The highest BCUT2D eigenvalue weighted by Crippen LogP contribution is 2.32. The van der Waals surface area contributed by atoms with Crippen LogP contribution in [0.3, 0.4) is 0 Å². The van der Waals surface area contributed by atoms with Gasteiger partial charge in [-0.05, 0) is 61.7 Å². The van der Waals surface area contributed by atoms with Crippen LogP contribution in [0, 0.1) is 0 Å². The van der Waals surface area contributed by atoms with Gasteiger partial charge < -0.3 is 29.0 Å².